The van der Waals surface area contributed by atoms with Crippen LogP contribution in [0, 0.1) is 0 Å². The van der Waals surface area contributed by atoms with E-state index in [4.69, 9.17) is 9.47 Å². The first-order valence-electron chi connectivity index (χ1n) is 8.02. The smallest absolute Gasteiger partial charge is 0.123 e. The molecule has 3 heteroatoms. The van der Waals surface area contributed by atoms with Gasteiger partial charge in [-0.15, -0.1) is 0 Å². The highest BCUT2D eigenvalue weighted by molar-refractivity contribution is 5.42. The van der Waals surface area contributed by atoms with Crippen LogP contribution in [-0.4, -0.2) is 18.7 Å². The Kier molecular flexibility index (Phi) is 3.51. The first-order valence-corrected chi connectivity index (χ1v) is 8.02. The van der Waals surface area contributed by atoms with Crippen molar-refractivity contribution in [2.75, 3.05) is 13.1 Å². The number of nitrogens with one attached hydrogen (secondary N) is 1. The van der Waals surface area contributed by atoms with E-state index >= 15 is 0 Å². The zero-order chi connectivity index (χ0) is 14.8. The minimum atomic E-state index is 0.0272. The number of hydrogen-bond acceptors (Lipinski definition) is 3. The maximum Gasteiger partial charge on any atom is 0.123 e. The van der Waals surface area contributed by atoms with Crippen LogP contribution in [0.25, 0.3) is 0 Å². The molecule has 1 N–H and O–H groups in total. The molecule has 1 atom stereocenters. The molecule has 2 aromatic carbocycles. The summed E-state index contributed by atoms with van der Waals surface area (Å²) >= 11 is 0. The summed E-state index contributed by atoms with van der Waals surface area (Å²) in [6.07, 6.45) is 3.27. The molecule has 0 bridgehead atoms. The van der Waals surface area contributed by atoms with Crippen molar-refractivity contribution in [3.8, 4) is 11.5 Å². The number of hydrogen-bond donors (Lipinski definition) is 1. The Labute approximate surface area is 131 Å². The van der Waals surface area contributed by atoms with Crippen LogP contribution in [-0.2, 0) is 13.0 Å². The van der Waals surface area contributed by atoms with E-state index < -0.39 is 0 Å². The van der Waals surface area contributed by atoms with Gasteiger partial charge in [-0.2, -0.15) is 0 Å². The molecule has 1 saturated heterocycles. The maximum absolute atomic E-state index is 6.28. The average molecular weight is 295 g/mol. The Hall–Kier alpha value is -2.00. The first-order chi connectivity index (χ1) is 10.8. The van der Waals surface area contributed by atoms with Crippen molar-refractivity contribution in [3.05, 3.63) is 59.7 Å². The van der Waals surface area contributed by atoms with Crippen LogP contribution in [0.4, 0.5) is 0 Å². The fourth-order valence-corrected chi connectivity index (χ4v) is 3.35. The largest absolute Gasteiger partial charge is 0.489 e. The van der Waals surface area contributed by atoms with Crippen molar-refractivity contribution < 1.29 is 9.47 Å². The quantitative estimate of drug-likeness (QED) is 0.942. The summed E-state index contributed by atoms with van der Waals surface area (Å²) in [6, 6.07) is 16.5. The molecule has 1 fully saturated rings. The SMILES string of the molecule is c1ccc(COc2ccc3c(c2)CC[C@@]2(CCNC2)O3)cc1. The summed E-state index contributed by atoms with van der Waals surface area (Å²) in [5, 5.41) is 3.41. The molecule has 0 unspecified atom stereocenters. The molecule has 4 rings (SSSR count). The summed E-state index contributed by atoms with van der Waals surface area (Å²) in [5.74, 6) is 1.95. The average Bonchev–Trinajstić information content (AvgIpc) is 3.02. The lowest BCUT2D eigenvalue weighted by atomic mass is 9.90. The Morgan fingerprint density at radius 2 is 2.00 bits per heavy atom. The highest BCUT2D eigenvalue weighted by Crippen LogP contribution is 2.38. The minimum absolute atomic E-state index is 0.0272. The standard InChI is InChI=1S/C19H21NO2/c1-2-4-15(5-3-1)13-21-17-6-7-18-16(12-17)8-9-19(22-18)10-11-20-14-19/h1-7,12,20H,8-11,13-14H2/t19-/m0/s1. The van der Waals surface area contributed by atoms with Crippen LogP contribution in [0.1, 0.15) is 24.0 Å². The molecule has 2 aromatic rings. The van der Waals surface area contributed by atoms with Gasteiger partial charge in [0.2, 0.25) is 0 Å². The molecule has 0 radical (unpaired) electrons. The van der Waals surface area contributed by atoms with E-state index in [-0.39, 0.29) is 5.60 Å². The Morgan fingerprint density at radius 3 is 2.82 bits per heavy atom. The fourth-order valence-electron chi connectivity index (χ4n) is 3.35. The molecule has 114 valence electrons. The van der Waals surface area contributed by atoms with Gasteiger partial charge in [0.15, 0.2) is 0 Å². The van der Waals surface area contributed by atoms with Gasteiger partial charge in [-0.05, 0) is 48.7 Å². The summed E-state index contributed by atoms with van der Waals surface area (Å²) in [6.45, 7) is 2.64. The van der Waals surface area contributed by atoms with Gasteiger partial charge in [-0.3, -0.25) is 0 Å². The van der Waals surface area contributed by atoms with E-state index in [0.717, 1.165) is 43.9 Å². The molecule has 0 saturated carbocycles. The van der Waals surface area contributed by atoms with Gasteiger partial charge in [-0.25, -0.2) is 0 Å². The molecule has 3 nitrogen and oxygen atoms in total. The van der Waals surface area contributed by atoms with Crippen molar-refractivity contribution >= 4 is 0 Å². The monoisotopic (exact) mass is 295 g/mol. The van der Waals surface area contributed by atoms with Crippen LogP contribution in [0.3, 0.4) is 0 Å². The van der Waals surface area contributed by atoms with E-state index in [0.29, 0.717) is 6.61 Å². The molecular weight excluding hydrogens is 274 g/mol. The molecular formula is C19H21NO2. The third-order valence-electron chi connectivity index (χ3n) is 4.66. The topological polar surface area (TPSA) is 30.5 Å². The van der Waals surface area contributed by atoms with Crippen molar-refractivity contribution in [2.45, 2.75) is 31.5 Å². The van der Waals surface area contributed by atoms with Crippen LogP contribution < -0.4 is 14.8 Å². The lowest BCUT2D eigenvalue weighted by Gasteiger charge is -2.35. The number of aryl methyl sites for hydroxylation is 1. The summed E-state index contributed by atoms with van der Waals surface area (Å²) in [5.41, 5.74) is 2.48. The summed E-state index contributed by atoms with van der Waals surface area (Å²) in [4.78, 5) is 0. The van der Waals surface area contributed by atoms with Gasteiger partial charge < -0.3 is 14.8 Å². The summed E-state index contributed by atoms with van der Waals surface area (Å²) < 4.78 is 12.2. The Bertz CT molecular complexity index is 648. The zero-order valence-electron chi connectivity index (χ0n) is 12.7. The van der Waals surface area contributed by atoms with Gasteiger partial charge in [0, 0.05) is 13.0 Å². The third-order valence-corrected chi connectivity index (χ3v) is 4.66. The van der Waals surface area contributed by atoms with Crippen molar-refractivity contribution in [3.63, 3.8) is 0 Å². The fraction of sp³-hybridized carbons (Fsp3) is 0.368. The highest BCUT2D eigenvalue weighted by Gasteiger charge is 2.39. The van der Waals surface area contributed by atoms with E-state index in [1.165, 1.54) is 11.1 Å². The second kappa shape index (κ2) is 5.65. The number of benzene rings is 2. The molecule has 1 spiro atoms. The predicted octanol–water partition coefficient (Wildman–Crippen LogP) is 3.32. The Balaban J connectivity index is 1.46. The van der Waals surface area contributed by atoms with Gasteiger partial charge in [0.1, 0.15) is 23.7 Å². The van der Waals surface area contributed by atoms with Crippen molar-refractivity contribution in [2.24, 2.45) is 0 Å². The highest BCUT2D eigenvalue weighted by atomic mass is 16.5. The molecule has 2 aliphatic rings. The lowest BCUT2D eigenvalue weighted by Crippen LogP contribution is -2.41. The van der Waals surface area contributed by atoms with Crippen LogP contribution in [0.2, 0.25) is 0 Å². The van der Waals surface area contributed by atoms with Gasteiger partial charge in [-0.1, -0.05) is 30.3 Å². The molecule has 2 aliphatic heterocycles. The van der Waals surface area contributed by atoms with E-state index in [1.807, 2.05) is 24.3 Å². The van der Waals surface area contributed by atoms with Gasteiger partial charge in [0.25, 0.3) is 0 Å². The molecule has 0 aliphatic carbocycles. The summed E-state index contributed by atoms with van der Waals surface area (Å²) in [7, 11) is 0. The second-order valence-electron chi connectivity index (χ2n) is 6.26. The molecule has 0 amide bonds. The second-order valence-corrected chi connectivity index (χ2v) is 6.26. The van der Waals surface area contributed by atoms with E-state index in [1.54, 1.807) is 0 Å². The molecule has 22 heavy (non-hydrogen) atoms. The van der Waals surface area contributed by atoms with Gasteiger partial charge in [0.05, 0.1) is 0 Å². The normalized spacial score (nSPS) is 23.1. The Morgan fingerprint density at radius 1 is 1.09 bits per heavy atom. The van der Waals surface area contributed by atoms with Crippen molar-refractivity contribution in [1.82, 2.24) is 5.32 Å². The van der Waals surface area contributed by atoms with Crippen LogP contribution in [0.15, 0.2) is 48.5 Å². The first kappa shape index (κ1) is 13.6. The third kappa shape index (κ3) is 2.69. The van der Waals surface area contributed by atoms with Crippen molar-refractivity contribution in [1.29, 1.82) is 0 Å². The lowest BCUT2D eigenvalue weighted by molar-refractivity contribution is 0.0662. The maximum atomic E-state index is 6.28. The van der Waals surface area contributed by atoms with Gasteiger partial charge >= 0.3 is 0 Å². The predicted molar refractivity (Wildman–Crippen MR) is 86.4 cm³/mol. The minimum Gasteiger partial charge on any atom is -0.489 e. The number of ether oxygens (including phenoxy) is 2. The molecule has 2 heterocycles. The number of fused-ring (bicyclic) bond motifs is 1. The van der Waals surface area contributed by atoms with E-state index in [2.05, 4.69) is 29.6 Å². The van der Waals surface area contributed by atoms with E-state index in [9.17, 15) is 0 Å². The zero-order valence-corrected chi connectivity index (χ0v) is 12.7. The molecule has 0 aromatic heterocycles. The van der Waals surface area contributed by atoms with Crippen LogP contribution in [0.5, 0.6) is 11.5 Å². The van der Waals surface area contributed by atoms with Crippen LogP contribution >= 0.6 is 0 Å². The number of rotatable bonds is 3.